The molecule has 2 unspecified atom stereocenters. The van der Waals surface area contributed by atoms with E-state index in [4.69, 9.17) is 10.5 Å². The number of fused-ring (bicyclic) bond motifs is 1. The second kappa shape index (κ2) is 6.91. The fourth-order valence-corrected chi connectivity index (χ4v) is 2.54. The zero-order chi connectivity index (χ0) is 15.4. The molecule has 0 aliphatic carbocycles. The number of carbonyl (C=O) groups excluding carboxylic acids is 1. The third-order valence-corrected chi connectivity index (χ3v) is 3.84. The van der Waals surface area contributed by atoms with E-state index in [-0.39, 0.29) is 12.0 Å². The van der Waals surface area contributed by atoms with Gasteiger partial charge in [-0.05, 0) is 37.1 Å². The number of nitrogens with zero attached hydrogens (tertiary/aromatic N) is 1. The lowest BCUT2D eigenvalue weighted by atomic mass is 10.0. The van der Waals surface area contributed by atoms with Crippen molar-refractivity contribution in [2.75, 3.05) is 18.0 Å². The van der Waals surface area contributed by atoms with E-state index in [9.17, 15) is 9.90 Å². The molecule has 5 heteroatoms. The highest BCUT2D eigenvalue weighted by Crippen LogP contribution is 2.37. The molecule has 0 saturated heterocycles. The molecule has 2 atom stereocenters. The van der Waals surface area contributed by atoms with Crippen molar-refractivity contribution in [2.24, 2.45) is 5.73 Å². The summed E-state index contributed by atoms with van der Waals surface area (Å²) in [6.07, 6.45) is 1.21. The summed E-state index contributed by atoms with van der Waals surface area (Å²) in [5.41, 5.74) is 7.01. The second-order valence-electron chi connectivity index (χ2n) is 5.33. The first-order valence-electron chi connectivity index (χ1n) is 7.59. The number of nitrogens with two attached hydrogens (primary N) is 1. The van der Waals surface area contributed by atoms with E-state index in [1.807, 2.05) is 32.0 Å². The number of hydrogen-bond acceptors (Lipinski definition) is 4. The molecule has 5 nitrogen and oxygen atoms in total. The Morgan fingerprint density at radius 1 is 1.52 bits per heavy atom. The minimum atomic E-state index is -0.609. The van der Waals surface area contributed by atoms with Gasteiger partial charge in [0.2, 0.25) is 5.91 Å². The highest BCUT2D eigenvalue weighted by molar-refractivity contribution is 5.95. The molecule has 1 amide bonds. The lowest BCUT2D eigenvalue weighted by Crippen LogP contribution is -2.43. The Morgan fingerprint density at radius 3 is 2.90 bits per heavy atom. The number of ether oxygens (including phenoxy) is 1. The number of anilines is 1. The highest BCUT2D eigenvalue weighted by Gasteiger charge is 2.28. The molecule has 21 heavy (non-hydrogen) atoms. The van der Waals surface area contributed by atoms with E-state index in [0.29, 0.717) is 31.7 Å². The average molecular weight is 292 g/mol. The van der Waals surface area contributed by atoms with Gasteiger partial charge in [-0.15, -0.1) is 0 Å². The van der Waals surface area contributed by atoms with Gasteiger partial charge in [0, 0.05) is 6.42 Å². The summed E-state index contributed by atoms with van der Waals surface area (Å²) < 4.78 is 5.90. The van der Waals surface area contributed by atoms with Crippen LogP contribution in [0.4, 0.5) is 5.69 Å². The first kappa shape index (κ1) is 15.8. The van der Waals surface area contributed by atoms with Crippen LogP contribution in [0.2, 0.25) is 0 Å². The highest BCUT2D eigenvalue weighted by atomic mass is 16.5. The molecule has 0 fully saturated rings. The zero-order valence-corrected chi connectivity index (χ0v) is 12.7. The van der Waals surface area contributed by atoms with Crippen LogP contribution in [0, 0.1) is 0 Å². The van der Waals surface area contributed by atoms with Gasteiger partial charge in [0.1, 0.15) is 11.9 Å². The van der Waals surface area contributed by atoms with Crippen LogP contribution in [0.3, 0.4) is 0 Å². The Bertz CT molecular complexity index is 504. The first-order chi connectivity index (χ1) is 10.1. The van der Waals surface area contributed by atoms with Crippen LogP contribution in [0.5, 0.6) is 5.75 Å². The maximum absolute atomic E-state index is 12.2. The van der Waals surface area contributed by atoms with Gasteiger partial charge in [0.25, 0.3) is 0 Å². The predicted octanol–water partition coefficient (Wildman–Crippen LogP) is 1.98. The van der Waals surface area contributed by atoms with Crippen molar-refractivity contribution in [1.82, 2.24) is 0 Å². The van der Waals surface area contributed by atoms with Gasteiger partial charge >= 0.3 is 0 Å². The van der Waals surface area contributed by atoms with Crippen molar-refractivity contribution < 1.29 is 14.6 Å². The summed E-state index contributed by atoms with van der Waals surface area (Å²) in [4.78, 5) is 14.0. The Balaban J connectivity index is 2.36. The summed E-state index contributed by atoms with van der Waals surface area (Å²) in [6.45, 7) is 4.88. The molecule has 2 rings (SSSR count). The largest absolute Gasteiger partial charge is 0.486 e. The fourth-order valence-electron chi connectivity index (χ4n) is 2.54. The minimum Gasteiger partial charge on any atom is -0.486 e. The van der Waals surface area contributed by atoms with Crippen molar-refractivity contribution >= 4 is 11.6 Å². The van der Waals surface area contributed by atoms with Crippen LogP contribution in [0.15, 0.2) is 18.2 Å². The van der Waals surface area contributed by atoms with Crippen molar-refractivity contribution in [2.45, 2.75) is 45.3 Å². The van der Waals surface area contributed by atoms with Crippen LogP contribution < -0.4 is 15.4 Å². The smallest absolute Gasteiger partial charge is 0.226 e. The second-order valence-corrected chi connectivity index (χ2v) is 5.33. The molecule has 3 N–H and O–H groups in total. The Hall–Kier alpha value is -1.59. The Kier molecular flexibility index (Phi) is 5.20. The molecule has 1 aromatic carbocycles. The van der Waals surface area contributed by atoms with E-state index in [2.05, 4.69) is 0 Å². The molecule has 1 aliphatic heterocycles. The molecule has 0 bridgehead atoms. The van der Waals surface area contributed by atoms with Gasteiger partial charge < -0.3 is 20.5 Å². The number of aliphatic hydroxyl groups excluding tert-OH is 1. The maximum Gasteiger partial charge on any atom is 0.226 e. The van der Waals surface area contributed by atoms with Gasteiger partial charge in [0.15, 0.2) is 0 Å². The number of benzene rings is 1. The van der Waals surface area contributed by atoms with Gasteiger partial charge in [-0.25, -0.2) is 0 Å². The summed E-state index contributed by atoms with van der Waals surface area (Å²) in [5, 5.41) is 10.1. The molecule has 0 radical (unpaired) electrons. The normalized spacial score (nSPS) is 18.9. The number of hydrogen-bond donors (Lipinski definition) is 2. The van der Waals surface area contributed by atoms with Gasteiger partial charge in [-0.1, -0.05) is 19.9 Å². The number of carbonyl (C=O) groups is 1. The Labute approximate surface area is 125 Å². The maximum atomic E-state index is 12.2. The van der Waals surface area contributed by atoms with E-state index in [1.54, 1.807) is 4.90 Å². The summed E-state index contributed by atoms with van der Waals surface area (Å²) in [7, 11) is 0. The van der Waals surface area contributed by atoms with Crippen LogP contribution in [0.25, 0.3) is 0 Å². The van der Waals surface area contributed by atoms with Crippen molar-refractivity contribution in [1.29, 1.82) is 0 Å². The van der Waals surface area contributed by atoms with Crippen LogP contribution in [-0.2, 0) is 4.79 Å². The lowest BCUT2D eigenvalue weighted by Gasteiger charge is -2.35. The minimum absolute atomic E-state index is 0.0211. The van der Waals surface area contributed by atoms with Gasteiger partial charge in [0.05, 0.1) is 18.3 Å². The van der Waals surface area contributed by atoms with Crippen LogP contribution >= 0.6 is 0 Å². The fraction of sp³-hybridized carbons (Fsp3) is 0.562. The topological polar surface area (TPSA) is 75.8 Å². The molecule has 1 aromatic rings. The molecule has 1 heterocycles. The standard InChI is InChI=1S/C16H24N2O3/c1-3-12-10-18(16(20)4-2)13-9-11(14(19)7-8-17)5-6-15(13)21-12/h5-6,9,12,14,19H,3-4,7-8,10,17H2,1-2H3. The molecular formula is C16H24N2O3. The summed E-state index contributed by atoms with van der Waals surface area (Å²) in [6, 6.07) is 5.52. The quantitative estimate of drug-likeness (QED) is 0.870. The lowest BCUT2D eigenvalue weighted by molar-refractivity contribution is -0.118. The number of amides is 1. The molecule has 0 aromatic heterocycles. The molecule has 1 aliphatic rings. The van der Waals surface area contributed by atoms with Crippen LogP contribution in [-0.4, -0.2) is 30.2 Å². The number of rotatable bonds is 5. The molecule has 116 valence electrons. The summed E-state index contributed by atoms with van der Waals surface area (Å²) in [5.74, 6) is 0.780. The van der Waals surface area contributed by atoms with Crippen molar-refractivity contribution in [3.05, 3.63) is 23.8 Å². The molecule has 0 spiro atoms. The van der Waals surface area contributed by atoms with Crippen molar-refractivity contribution in [3.8, 4) is 5.75 Å². The van der Waals surface area contributed by atoms with Crippen LogP contribution in [0.1, 0.15) is 44.8 Å². The van der Waals surface area contributed by atoms with Gasteiger partial charge in [-0.2, -0.15) is 0 Å². The third kappa shape index (κ3) is 3.36. The SMILES string of the molecule is CCC(=O)N1CC(CC)Oc2ccc(C(O)CCN)cc21. The van der Waals surface area contributed by atoms with E-state index in [1.165, 1.54) is 0 Å². The van der Waals surface area contributed by atoms with Crippen molar-refractivity contribution in [3.63, 3.8) is 0 Å². The van der Waals surface area contributed by atoms with E-state index in [0.717, 1.165) is 17.7 Å². The van der Waals surface area contributed by atoms with E-state index >= 15 is 0 Å². The summed E-state index contributed by atoms with van der Waals surface area (Å²) >= 11 is 0. The number of aliphatic hydroxyl groups is 1. The van der Waals surface area contributed by atoms with E-state index < -0.39 is 6.10 Å². The predicted molar refractivity (Wildman–Crippen MR) is 82.4 cm³/mol. The monoisotopic (exact) mass is 292 g/mol. The molecule has 0 saturated carbocycles. The molecular weight excluding hydrogens is 268 g/mol. The third-order valence-electron chi connectivity index (χ3n) is 3.84. The Morgan fingerprint density at radius 2 is 2.29 bits per heavy atom. The first-order valence-corrected chi connectivity index (χ1v) is 7.59. The zero-order valence-electron chi connectivity index (χ0n) is 12.7. The van der Waals surface area contributed by atoms with Gasteiger partial charge in [-0.3, -0.25) is 4.79 Å². The average Bonchev–Trinajstić information content (AvgIpc) is 2.52.